The predicted molar refractivity (Wildman–Crippen MR) is 93.4 cm³/mol. The molecule has 0 aliphatic carbocycles. The number of benzene rings is 1. The number of aromatic nitrogens is 1. The van der Waals surface area contributed by atoms with Crippen LogP contribution in [0, 0.1) is 13.8 Å². The summed E-state index contributed by atoms with van der Waals surface area (Å²) < 4.78 is 11.3. The van der Waals surface area contributed by atoms with Crippen LogP contribution in [0.15, 0.2) is 35.3 Å². The molecular weight excluding hydrogens is 306 g/mol. The minimum atomic E-state index is 0.00251. The molecule has 0 aliphatic heterocycles. The highest BCUT2D eigenvalue weighted by Gasteiger charge is 2.16. The van der Waals surface area contributed by atoms with Crippen molar-refractivity contribution >= 4 is 5.84 Å². The standard InChI is InChI=1S/C18H23N3O3/c1-11(2)19-17(21-22)14-8-7-13(4)20-18(14)24-15-9-6-12(3)10-16(15)23-5/h6-11,22H,1-5H3,(H,19,21). The monoisotopic (exact) mass is 329 g/mol. The first-order valence-corrected chi connectivity index (χ1v) is 7.73. The summed E-state index contributed by atoms with van der Waals surface area (Å²) in [6, 6.07) is 9.29. The molecule has 0 aliphatic rings. The number of amidine groups is 1. The number of ether oxygens (including phenoxy) is 2. The Labute approximate surface area is 142 Å². The average molecular weight is 329 g/mol. The Morgan fingerprint density at radius 3 is 2.54 bits per heavy atom. The fourth-order valence-electron chi connectivity index (χ4n) is 2.17. The second-order valence-corrected chi connectivity index (χ2v) is 5.74. The first-order valence-electron chi connectivity index (χ1n) is 7.73. The molecule has 2 aromatic rings. The largest absolute Gasteiger partial charge is 0.493 e. The number of aliphatic imine (C=N–C) groups is 1. The quantitative estimate of drug-likeness (QED) is 0.498. The molecule has 128 valence electrons. The van der Waals surface area contributed by atoms with Gasteiger partial charge in [0.2, 0.25) is 5.88 Å². The molecule has 2 rings (SSSR count). The molecule has 0 amide bonds. The van der Waals surface area contributed by atoms with Crippen LogP contribution in [0.2, 0.25) is 0 Å². The third-order valence-electron chi connectivity index (χ3n) is 3.27. The van der Waals surface area contributed by atoms with Crippen LogP contribution >= 0.6 is 0 Å². The van der Waals surface area contributed by atoms with E-state index >= 15 is 0 Å². The minimum absolute atomic E-state index is 0.00251. The van der Waals surface area contributed by atoms with Gasteiger partial charge in [-0.1, -0.05) is 6.07 Å². The Kier molecular flexibility index (Phi) is 5.76. The lowest BCUT2D eigenvalue weighted by Gasteiger charge is -2.15. The van der Waals surface area contributed by atoms with Crippen molar-refractivity contribution in [2.24, 2.45) is 4.99 Å². The summed E-state index contributed by atoms with van der Waals surface area (Å²) in [6.07, 6.45) is 0. The summed E-state index contributed by atoms with van der Waals surface area (Å²) >= 11 is 0. The number of hydroxylamine groups is 1. The Bertz CT molecular complexity index is 742. The van der Waals surface area contributed by atoms with E-state index in [-0.39, 0.29) is 6.04 Å². The average Bonchev–Trinajstić information content (AvgIpc) is 2.54. The van der Waals surface area contributed by atoms with E-state index in [2.05, 4.69) is 15.5 Å². The molecule has 0 saturated heterocycles. The predicted octanol–water partition coefficient (Wildman–Crippen LogP) is 3.63. The molecular formula is C18H23N3O3. The van der Waals surface area contributed by atoms with Crippen molar-refractivity contribution < 1.29 is 14.7 Å². The van der Waals surface area contributed by atoms with Gasteiger partial charge in [-0.3, -0.25) is 15.7 Å². The van der Waals surface area contributed by atoms with Gasteiger partial charge in [0.05, 0.1) is 12.7 Å². The number of aryl methyl sites for hydroxylation is 2. The number of nitrogens with zero attached hydrogens (tertiary/aromatic N) is 2. The van der Waals surface area contributed by atoms with Gasteiger partial charge < -0.3 is 9.47 Å². The Balaban J connectivity index is 2.49. The van der Waals surface area contributed by atoms with Gasteiger partial charge in [-0.2, -0.15) is 0 Å². The first kappa shape index (κ1) is 17.7. The van der Waals surface area contributed by atoms with E-state index < -0.39 is 0 Å². The van der Waals surface area contributed by atoms with Crippen molar-refractivity contribution in [1.29, 1.82) is 0 Å². The smallest absolute Gasteiger partial charge is 0.230 e. The number of nitrogens with one attached hydrogen (secondary N) is 1. The Morgan fingerprint density at radius 2 is 1.92 bits per heavy atom. The molecule has 1 heterocycles. The lowest BCUT2D eigenvalue weighted by atomic mass is 10.2. The zero-order valence-electron chi connectivity index (χ0n) is 14.6. The normalized spacial score (nSPS) is 11.5. The maximum Gasteiger partial charge on any atom is 0.230 e. The van der Waals surface area contributed by atoms with Crippen LogP contribution in [0.1, 0.15) is 30.7 Å². The van der Waals surface area contributed by atoms with E-state index in [1.807, 2.05) is 58.0 Å². The summed E-state index contributed by atoms with van der Waals surface area (Å²) in [4.78, 5) is 8.79. The van der Waals surface area contributed by atoms with Crippen LogP contribution in [0.5, 0.6) is 17.4 Å². The fraction of sp³-hybridized carbons (Fsp3) is 0.333. The van der Waals surface area contributed by atoms with Crippen molar-refractivity contribution in [1.82, 2.24) is 10.5 Å². The SMILES string of the molecule is COc1cc(C)ccc1Oc1nc(C)ccc1C(=NC(C)C)NO. The molecule has 0 fully saturated rings. The zero-order valence-corrected chi connectivity index (χ0v) is 14.6. The van der Waals surface area contributed by atoms with Gasteiger partial charge in [-0.15, -0.1) is 0 Å². The van der Waals surface area contributed by atoms with Crippen LogP contribution in [0.3, 0.4) is 0 Å². The second kappa shape index (κ2) is 7.79. The van der Waals surface area contributed by atoms with Crippen LogP contribution in [-0.4, -0.2) is 29.2 Å². The summed E-state index contributed by atoms with van der Waals surface area (Å²) in [5, 5.41) is 9.44. The summed E-state index contributed by atoms with van der Waals surface area (Å²) in [6.45, 7) is 7.69. The maximum absolute atomic E-state index is 9.44. The molecule has 0 spiro atoms. The van der Waals surface area contributed by atoms with E-state index in [1.165, 1.54) is 0 Å². The van der Waals surface area contributed by atoms with Gasteiger partial charge >= 0.3 is 0 Å². The Hall–Kier alpha value is -2.60. The van der Waals surface area contributed by atoms with Gasteiger partial charge in [0.25, 0.3) is 0 Å². The highest BCUT2D eigenvalue weighted by Crippen LogP contribution is 2.33. The van der Waals surface area contributed by atoms with Crippen LogP contribution in [-0.2, 0) is 0 Å². The molecule has 0 unspecified atom stereocenters. The zero-order chi connectivity index (χ0) is 17.7. The molecule has 1 aromatic heterocycles. The molecule has 6 heteroatoms. The highest BCUT2D eigenvalue weighted by atomic mass is 16.5. The van der Waals surface area contributed by atoms with Crippen molar-refractivity contribution in [3.63, 3.8) is 0 Å². The molecule has 0 bridgehead atoms. The van der Waals surface area contributed by atoms with Gasteiger partial charge in [-0.25, -0.2) is 4.98 Å². The number of methoxy groups -OCH3 is 1. The Morgan fingerprint density at radius 1 is 1.17 bits per heavy atom. The third-order valence-corrected chi connectivity index (χ3v) is 3.27. The molecule has 0 saturated carbocycles. The van der Waals surface area contributed by atoms with Crippen LogP contribution < -0.4 is 15.0 Å². The molecule has 0 radical (unpaired) electrons. The van der Waals surface area contributed by atoms with Gasteiger partial charge in [0.1, 0.15) is 0 Å². The van der Waals surface area contributed by atoms with Crippen molar-refractivity contribution in [2.45, 2.75) is 33.7 Å². The van der Waals surface area contributed by atoms with E-state index in [0.29, 0.717) is 28.8 Å². The summed E-state index contributed by atoms with van der Waals surface area (Å²) in [5.74, 6) is 1.81. The third kappa shape index (κ3) is 4.23. The van der Waals surface area contributed by atoms with E-state index in [1.54, 1.807) is 7.11 Å². The van der Waals surface area contributed by atoms with E-state index in [0.717, 1.165) is 11.3 Å². The summed E-state index contributed by atoms with van der Waals surface area (Å²) in [5.41, 5.74) is 4.56. The first-order chi connectivity index (χ1) is 11.4. The van der Waals surface area contributed by atoms with Gasteiger partial charge in [0.15, 0.2) is 17.3 Å². The topological polar surface area (TPSA) is 76.0 Å². The molecule has 0 atom stereocenters. The van der Waals surface area contributed by atoms with E-state index in [9.17, 15) is 5.21 Å². The number of hydrogen-bond donors (Lipinski definition) is 2. The van der Waals surface area contributed by atoms with Crippen molar-refractivity contribution in [3.8, 4) is 17.4 Å². The van der Waals surface area contributed by atoms with Crippen LogP contribution in [0.25, 0.3) is 0 Å². The summed E-state index contributed by atoms with van der Waals surface area (Å²) in [7, 11) is 1.59. The molecule has 1 aromatic carbocycles. The molecule has 6 nitrogen and oxygen atoms in total. The maximum atomic E-state index is 9.44. The number of rotatable bonds is 5. The van der Waals surface area contributed by atoms with Crippen LogP contribution in [0.4, 0.5) is 0 Å². The van der Waals surface area contributed by atoms with Gasteiger partial charge in [0, 0.05) is 11.7 Å². The van der Waals surface area contributed by atoms with E-state index in [4.69, 9.17) is 9.47 Å². The minimum Gasteiger partial charge on any atom is -0.493 e. The lowest BCUT2D eigenvalue weighted by Crippen LogP contribution is -2.23. The van der Waals surface area contributed by atoms with Gasteiger partial charge in [-0.05, 0) is 57.5 Å². The molecule has 2 N–H and O–H groups in total. The number of hydrogen-bond acceptors (Lipinski definition) is 5. The highest BCUT2D eigenvalue weighted by molar-refractivity contribution is 6.00. The fourth-order valence-corrected chi connectivity index (χ4v) is 2.17. The number of pyridine rings is 1. The second-order valence-electron chi connectivity index (χ2n) is 5.74. The van der Waals surface area contributed by atoms with Crippen molar-refractivity contribution in [2.75, 3.05) is 7.11 Å². The molecule has 24 heavy (non-hydrogen) atoms. The van der Waals surface area contributed by atoms with Crippen molar-refractivity contribution in [3.05, 3.63) is 47.2 Å². The lowest BCUT2D eigenvalue weighted by molar-refractivity contribution is 0.234.